The SMILES string of the molecule is CCCc1nccn1C.NCCCCC(N)C(=O)O. The van der Waals surface area contributed by atoms with E-state index in [4.69, 9.17) is 16.6 Å². The van der Waals surface area contributed by atoms with Crippen molar-refractivity contribution in [1.29, 1.82) is 0 Å². The molecule has 5 N–H and O–H groups in total. The lowest BCUT2D eigenvalue weighted by Gasteiger charge is -2.03. The summed E-state index contributed by atoms with van der Waals surface area (Å²) in [6, 6.07) is -0.716. The number of carbonyl (C=O) groups is 1. The van der Waals surface area contributed by atoms with Crippen LogP contribution >= 0.6 is 0 Å². The molecule has 0 bridgehead atoms. The number of carboxylic acid groups (broad SMARTS) is 1. The highest BCUT2D eigenvalue weighted by molar-refractivity contribution is 5.72. The Morgan fingerprint density at radius 1 is 1.53 bits per heavy atom. The van der Waals surface area contributed by atoms with E-state index in [9.17, 15) is 4.79 Å². The van der Waals surface area contributed by atoms with Gasteiger partial charge >= 0.3 is 5.97 Å². The number of nitrogens with zero attached hydrogens (tertiary/aromatic N) is 2. The van der Waals surface area contributed by atoms with E-state index in [2.05, 4.69) is 16.5 Å². The van der Waals surface area contributed by atoms with Crippen LogP contribution in [0.4, 0.5) is 0 Å². The summed E-state index contributed by atoms with van der Waals surface area (Å²) in [6.45, 7) is 2.76. The molecule has 1 rings (SSSR count). The molecule has 19 heavy (non-hydrogen) atoms. The molecule has 1 heterocycles. The van der Waals surface area contributed by atoms with Crippen LogP contribution in [-0.4, -0.2) is 33.2 Å². The molecule has 0 aliphatic rings. The quantitative estimate of drug-likeness (QED) is 0.638. The molecular formula is C13H26N4O2. The van der Waals surface area contributed by atoms with Crippen molar-refractivity contribution < 1.29 is 9.90 Å². The molecule has 1 atom stereocenters. The predicted molar refractivity (Wildman–Crippen MR) is 75.7 cm³/mol. The van der Waals surface area contributed by atoms with Crippen LogP contribution in [0.3, 0.4) is 0 Å². The number of hydrogen-bond donors (Lipinski definition) is 3. The summed E-state index contributed by atoms with van der Waals surface area (Å²) in [5, 5.41) is 8.33. The van der Waals surface area contributed by atoms with E-state index in [0.29, 0.717) is 13.0 Å². The number of unbranched alkanes of at least 4 members (excludes halogenated alkanes) is 1. The number of carboxylic acids is 1. The average molecular weight is 270 g/mol. The normalized spacial score (nSPS) is 11.6. The van der Waals surface area contributed by atoms with Gasteiger partial charge in [-0.2, -0.15) is 0 Å². The number of rotatable bonds is 7. The molecule has 0 radical (unpaired) electrons. The van der Waals surface area contributed by atoms with Crippen LogP contribution in [0.2, 0.25) is 0 Å². The summed E-state index contributed by atoms with van der Waals surface area (Å²) in [6.07, 6.45) is 8.24. The molecule has 0 aliphatic heterocycles. The summed E-state index contributed by atoms with van der Waals surface area (Å²) in [4.78, 5) is 14.3. The van der Waals surface area contributed by atoms with E-state index in [-0.39, 0.29) is 0 Å². The molecule has 6 nitrogen and oxygen atoms in total. The smallest absolute Gasteiger partial charge is 0.320 e. The van der Waals surface area contributed by atoms with E-state index < -0.39 is 12.0 Å². The zero-order valence-electron chi connectivity index (χ0n) is 11.9. The lowest BCUT2D eigenvalue weighted by molar-refractivity contribution is -0.138. The molecule has 0 fully saturated rings. The summed E-state index contributed by atoms with van der Waals surface area (Å²) >= 11 is 0. The molecule has 1 aromatic rings. The van der Waals surface area contributed by atoms with Crippen molar-refractivity contribution in [3.8, 4) is 0 Å². The first-order valence-electron chi connectivity index (χ1n) is 6.67. The zero-order chi connectivity index (χ0) is 14.7. The van der Waals surface area contributed by atoms with Crippen molar-refractivity contribution in [2.45, 2.75) is 45.1 Å². The Morgan fingerprint density at radius 3 is 2.63 bits per heavy atom. The average Bonchev–Trinajstić information content (AvgIpc) is 2.76. The first-order valence-corrected chi connectivity index (χ1v) is 6.67. The Bertz CT molecular complexity index is 352. The van der Waals surface area contributed by atoms with Gasteiger partial charge in [-0.1, -0.05) is 13.3 Å². The van der Waals surface area contributed by atoms with Gasteiger partial charge in [-0.25, -0.2) is 4.98 Å². The molecule has 110 valence electrons. The van der Waals surface area contributed by atoms with E-state index in [1.807, 2.05) is 19.4 Å². The minimum absolute atomic E-state index is 0.520. The number of nitrogens with two attached hydrogens (primary N) is 2. The van der Waals surface area contributed by atoms with Crippen molar-refractivity contribution in [2.24, 2.45) is 18.5 Å². The van der Waals surface area contributed by atoms with E-state index in [1.54, 1.807) is 0 Å². The number of hydrogen-bond acceptors (Lipinski definition) is 4. The number of aliphatic carboxylic acids is 1. The third-order valence-electron chi connectivity index (χ3n) is 2.68. The first-order chi connectivity index (χ1) is 9.02. The molecule has 1 aromatic heterocycles. The molecule has 0 amide bonds. The van der Waals surface area contributed by atoms with Gasteiger partial charge in [0, 0.05) is 25.9 Å². The summed E-state index contributed by atoms with van der Waals surface area (Å²) in [7, 11) is 2.03. The Hall–Kier alpha value is -1.40. The molecular weight excluding hydrogens is 244 g/mol. The Morgan fingerprint density at radius 2 is 2.21 bits per heavy atom. The molecule has 0 aliphatic carbocycles. The largest absolute Gasteiger partial charge is 0.480 e. The van der Waals surface area contributed by atoms with Crippen molar-refractivity contribution in [1.82, 2.24) is 9.55 Å². The van der Waals surface area contributed by atoms with Crippen LogP contribution in [0.1, 0.15) is 38.4 Å². The Kier molecular flexibility index (Phi) is 9.74. The van der Waals surface area contributed by atoms with Gasteiger partial charge < -0.3 is 21.1 Å². The predicted octanol–water partition coefficient (Wildman–Crippen LogP) is 0.900. The molecule has 6 heteroatoms. The van der Waals surface area contributed by atoms with Gasteiger partial charge in [-0.05, 0) is 25.8 Å². The fraction of sp³-hybridized carbons (Fsp3) is 0.692. The van der Waals surface area contributed by atoms with Gasteiger partial charge in [-0.15, -0.1) is 0 Å². The van der Waals surface area contributed by atoms with Crippen molar-refractivity contribution in [3.63, 3.8) is 0 Å². The topological polar surface area (TPSA) is 107 Å². The number of imidazole rings is 1. The Labute approximate surface area is 114 Å². The van der Waals surface area contributed by atoms with Crippen molar-refractivity contribution in [3.05, 3.63) is 18.2 Å². The maximum absolute atomic E-state index is 10.1. The molecule has 0 spiro atoms. The van der Waals surface area contributed by atoms with Gasteiger partial charge in [0.1, 0.15) is 11.9 Å². The summed E-state index contributed by atoms with van der Waals surface area (Å²) < 4.78 is 2.06. The summed E-state index contributed by atoms with van der Waals surface area (Å²) in [5.41, 5.74) is 10.4. The van der Waals surface area contributed by atoms with Crippen LogP contribution in [0.15, 0.2) is 12.4 Å². The van der Waals surface area contributed by atoms with Crippen molar-refractivity contribution >= 4 is 5.97 Å². The fourth-order valence-electron chi connectivity index (χ4n) is 1.49. The highest BCUT2D eigenvalue weighted by Crippen LogP contribution is 1.97. The van der Waals surface area contributed by atoms with Gasteiger partial charge in [-0.3, -0.25) is 4.79 Å². The monoisotopic (exact) mass is 270 g/mol. The second-order valence-electron chi connectivity index (χ2n) is 4.43. The van der Waals surface area contributed by atoms with Crippen molar-refractivity contribution in [2.75, 3.05) is 6.54 Å². The molecule has 0 aromatic carbocycles. The summed E-state index contributed by atoms with van der Waals surface area (Å²) in [5.74, 6) is 0.245. The van der Waals surface area contributed by atoms with Crippen LogP contribution in [0.5, 0.6) is 0 Å². The minimum atomic E-state index is -0.933. The van der Waals surface area contributed by atoms with Crippen LogP contribution in [0.25, 0.3) is 0 Å². The van der Waals surface area contributed by atoms with Gasteiger partial charge in [0.2, 0.25) is 0 Å². The van der Waals surface area contributed by atoms with Gasteiger partial charge in [0.05, 0.1) is 0 Å². The third kappa shape index (κ3) is 8.34. The minimum Gasteiger partial charge on any atom is -0.480 e. The van der Waals surface area contributed by atoms with E-state index in [1.165, 1.54) is 12.2 Å². The number of aryl methyl sites for hydroxylation is 2. The van der Waals surface area contributed by atoms with Crippen LogP contribution < -0.4 is 11.5 Å². The molecule has 0 saturated carbocycles. The maximum atomic E-state index is 10.1. The Balaban J connectivity index is 0.000000342. The highest BCUT2D eigenvalue weighted by Gasteiger charge is 2.09. The van der Waals surface area contributed by atoms with Gasteiger partial charge in [0.25, 0.3) is 0 Å². The second kappa shape index (κ2) is 10.5. The van der Waals surface area contributed by atoms with Crippen LogP contribution in [0, 0.1) is 0 Å². The lowest BCUT2D eigenvalue weighted by atomic mass is 10.1. The highest BCUT2D eigenvalue weighted by atomic mass is 16.4. The van der Waals surface area contributed by atoms with E-state index >= 15 is 0 Å². The first kappa shape index (κ1) is 17.6. The van der Waals surface area contributed by atoms with E-state index in [0.717, 1.165) is 19.3 Å². The fourth-order valence-corrected chi connectivity index (χ4v) is 1.49. The third-order valence-corrected chi connectivity index (χ3v) is 2.68. The standard InChI is InChI=1S/C7H12N2.C6H14N2O2/c1-3-4-7-8-5-6-9(7)2;7-4-2-1-3-5(8)6(9)10/h5-6H,3-4H2,1-2H3;5H,1-4,7-8H2,(H,9,10). The maximum Gasteiger partial charge on any atom is 0.320 e. The second-order valence-corrected chi connectivity index (χ2v) is 4.43. The van der Waals surface area contributed by atoms with Gasteiger partial charge in [0.15, 0.2) is 0 Å². The van der Waals surface area contributed by atoms with Crippen LogP contribution in [-0.2, 0) is 18.3 Å². The lowest BCUT2D eigenvalue weighted by Crippen LogP contribution is -2.29. The number of aromatic nitrogens is 2. The molecule has 1 unspecified atom stereocenters. The zero-order valence-corrected chi connectivity index (χ0v) is 11.9. The molecule has 0 saturated heterocycles.